The number of rotatable bonds is 3. The third kappa shape index (κ3) is 1.98. The number of amides is 1. The van der Waals surface area contributed by atoms with Crippen LogP contribution in [0.25, 0.3) is 0 Å². The van der Waals surface area contributed by atoms with E-state index in [1.807, 2.05) is 18.2 Å². The third-order valence-corrected chi connectivity index (χ3v) is 5.27. The largest absolute Gasteiger partial charge is 0.339 e. The summed E-state index contributed by atoms with van der Waals surface area (Å²) in [6, 6.07) is 8.03. The van der Waals surface area contributed by atoms with Crippen LogP contribution in [0.1, 0.15) is 44.5 Å². The summed E-state index contributed by atoms with van der Waals surface area (Å²) >= 11 is 0. The maximum Gasteiger partial charge on any atom is 0.236 e. The van der Waals surface area contributed by atoms with Crippen LogP contribution in [0.5, 0.6) is 0 Å². The first-order valence-electron chi connectivity index (χ1n) is 8.66. The van der Waals surface area contributed by atoms with Crippen LogP contribution in [-0.2, 0) is 16.8 Å². The molecule has 1 saturated heterocycles. The molecule has 3 heterocycles. The fourth-order valence-corrected chi connectivity index (χ4v) is 4.03. The van der Waals surface area contributed by atoms with Crippen molar-refractivity contribution in [1.29, 1.82) is 0 Å². The van der Waals surface area contributed by atoms with Gasteiger partial charge in [-0.1, -0.05) is 32.0 Å². The van der Waals surface area contributed by atoms with Crippen LogP contribution in [0.15, 0.2) is 24.3 Å². The molecule has 2 aliphatic heterocycles. The van der Waals surface area contributed by atoms with Gasteiger partial charge in [0.05, 0.1) is 5.41 Å². The molecule has 0 radical (unpaired) electrons. The summed E-state index contributed by atoms with van der Waals surface area (Å²) in [5.74, 6) is 2.33. The van der Waals surface area contributed by atoms with E-state index in [1.54, 1.807) is 0 Å². The Hall–Kier alpha value is -2.37. The lowest BCUT2D eigenvalue weighted by atomic mass is 9.81. The highest BCUT2D eigenvalue weighted by Gasteiger charge is 2.51. The zero-order valence-electron chi connectivity index (χ0n) is 14.4. The van der Waals surface area contributed by atoms with E-state index in [0.717, 1.165) is 42.5 Å². The molecule has 4 rings (SSSR count). The number of anilines is 2. The molecule has 1 N–H and O–H groups in total. The topological polar surface area (TPSA) is 63.1 Å². The van der Waals surface area contributed by atoms with E-state index in [4.69, 9.17) is 0 Å². The smallest absolute Gasteiger partial charge is 0.236 e. The van der Waals surface area contributed by atoms with E-state index >= 15 is 0 Å². The van der Waals surface area contributed by atoms with Gasteiger partial charge >= 0.3 is 0 Å². The summed E-state index contributed by atoms with van der Waals surface area (Å²) in [7, 11) is 0. The van der Waals surface area contributed by atoms with E-state index in [1.165, 1.54) is 0 Å². The molecule has 1 unspecified atom stereocenters. The molecule has 1 atom stereocenters. The molecule has 2 aromatic rings. The highest BCUT2D eigenvalue weighted by atomic mass is 16.2. The molecule has 1 amide bonds. The van der Waals surface area contributed by atoms with Gasteiger partial charge in [-0.15, -0.1) is 10.2 Å². The number of para-hydroxylation sites is 1. The Bertz CT molecular complexity index is 796. The fraction of sp³-hybridized carbons (Fsp3) is 0.500. The summed E-state index contributed by atoms with van der Waals surface area (Å²) in [4.78, 5) is 14.9. The van der Waals surface area contributed by atoms with E-state index in [0.29, 0.717) is 12.5 Å². The van der Waals surface area contributed by atoms with Crippen LogP contribution in [-0.4, -0.2) is 33.8 Å². The highest BCUT2D eigenvalue weighted by molar-refractivity contribution is 6.07. The molecule has 1 fully saturated rings. The minimum atomic E-state index is -0.459. The second-order valence-electron chi connectivity index (χ2n) is 7.01. The Balaban J connectivity index is 1.70. The number of hydrogen-bond donors (Lipinski definition) is 1. The van der Waals surface area contributed by atoms with Gasteiger partial charge in [-0.05, 0) is 25.0 Å². The van der Waals surface area contributed by atoms with Gasteiger partial charge < -0.3 is 10.2 Å². The molecule has 0 saturated carbocycles. The molecule has 1 spiro atoms. The van der Waals surface area contributed by atoms with Crippen LogP contribution in [0.3, 0.4) is 0 Å². The molecule has 6 nitrogen and oxygen atoms in total. The monoisotopic (exact) mass is 325 g/mol. The first-order valence-corrected chi connectivity index (χ1v) is 8.66. The van der Waals surface area contributed by atoms with Gasteiger partial charge in [0.25, 0.3) is 0 Å². The van der Waals surface area contributed by atoms with Crippen LogP contribution >= 0.6 is 0 Å². The standard InChI is InChI=1S/C18H23N5O/c1-4-23-15(12(2)3)20-21-17(23)22-10-9-18(11-22)13-7-5-6-8-14(13)19-16(18)24/h5-8,12H,4,9-11H2,1-3H3,(H,19,24). The maximum atomic E-state index is 12.7. The van der Waals surface area contributed by atoms with Gasteiger partial charge in [-0.3, -0.25) is 9.36 Å². The van der Waals surface area contributed by atoms with E-state index in [-0.39, 0.29) is 5.91 Å². The quantitative estimate of drug-likeness (QED) is 0.942. The molecular weight excluding hydrogens is 302 g/mol. The molecule has 6 heteroatoms. The number of carbonyl (C=O) groups excluding carboxylic acids is 1. The van der Waals surface area contributed by atoms with Crippen LogP contribution in [0, 0.1) is 0 Å². The number of carbonyl (C=O) groups is 1. The summed E-state index contributed by atoms with van der Waals surface area (Å²) in [5.41, 5.74) is 1.60. The molecule has 2 aliphatic rings. The Morgan fingerprint density at radius 1 is 1.29 bits per heavy atom. The molecule has 0 aliphatic carbocycles. The molecule has 1 aromatic heterocycles. The van der Waals surface area contributed by atoms with E-state index in [9.17, 15) is 4.79 Å². The first-order chi connectivity index (χ1) is 11.6. The average Bonchev–Trinajstić information content (AvgIpc) is 3.25. The van der Waals surface area contributed by atoms with Gasteiger partial charge in [0, 0.05) is 31.2 Å². The second-order valence-corrected chi connectivity index (χ2v) is 7.01. The van der Waals surface area contributed by atoms with Crippen LogP contribution in [0.4, 0.5) is 11.6 Å². The number of fused-ring (bicyclic) bond motifs is 2. The minimum Gasteiger partial charge on any atom is -0.339 e. The van der Waals surface area contributed by atoms with Crippen LogP contribution in [0.2, 0.25) is 0 Å². The predicted molar refractivity (Wildman–Crippen MR) is 93.4 cm³/mol. The molecule has 0 bridgehead atoms. The zero-order valence-corrected chi connectivity index (χ0v) is 14.4. The zero-order chi connectivity index (χ0) is 16.9. The summed E-state index contributed by atoms with van der Waals surface area (Å²) in [5, 5.41) is 11.9. The van der Waals surface area contributed by atoms with Crippen molar-refractivity contribution in [2.45, 2.75) is 45.1 Å². The minimum absolute atomic E-state index is 0.109. The van der Waals surface area contributed by atoms with Crippen LogP contribution < -0.4 is 10.2 Å². The Labute approximate surface area is 141 Å². The normalized spacial score (nSPS) is 22.5. The van der Waals surface area contributed by atoms with Gasteiger partial charge in [0.15, 0.2) is 0 Å². The number of hydrogen-bond acceptors (Lipinski definition) is 4. The van der Waals surface area contributed by atoms with Crippen molar-refractivity contribution in [3.63, 3.8) is 0 Å². The molecule has 1 aromatic carbocycles. The van der Waals surface area contributed by atoms with Crippen molar-refractivity contribution in [3.8, 4) is 0 Å². The Morgan fingerprint density at radius 3 is 2.83 bits per heavy atom. The first kappa shape index (κ1) is 15.2. The predicted octanol–water partition coefficient (Wildman–Crippen LogP) is 2.52. The van der Waals surface area contributed by atoms with E-state index < -0.39 is 5.41 Å². The van der Waals surface area contributed by atoms with Crippen molar-refractivity contribution in [1.82, 2.24) is 14.8 Å². The molecular formula is C18H23N5O. The van der Waals surface area contributed by atoms with E-state index in [2.05, 4.69) is 51.8 Å². The number of nitrogens with zero attached hydrogens (tertiary/aromatic N) is 4. The van der Waals surface area contributed by atoms with Crippen molar-refractivity contribution in [2.75, 3.05) is 23.3 Å². The van der Waals surface area contributed by atoms with Gasteiger partial charge in [0.2, 0.25) is 11.9 Å². The third-order valence-electron chi connectivity index (χ3n) is 5.27. The summed E-state index contributed by atoms with van der Waals surface area (Å²) < 4.78 is 2.17. The fourth-order valence-electron chi connectivity index (χ4n) is 4.03. The van der Waals surface area contributed by atoms with Gasteiger partial charge in [0.1, 0.15) is 5.82 Å². The second kappa shape index (κ2) is 5.33. The van der Waals surface area contributed by atoms with Crippen molar-refractivity contribution in [3.05, 3.63) is 35.7 Å². The Morgan fingerprint density at radius 2 is 2.08 bits per heavy atom. The molecule has 24 heavy (non-hydrogen) atoms. The summed E-state index contributed by atoms with van der Waals surface area (Å²) in [6.07, 6.45) is 0.809. The maximum absolute atomic E-state index is 12.7. The number of benzene rings is 1. The van der Waals surface area contributed by atoms with Gasteiger partial charge in [-0.2, -0.15) is 0 Å². The lowest BCUT2D eigenvalue weighted by Gasteiger charge is -2.23. The van der Waals surface area contributed by atoms with Gasteiger partial charge in [-0.25, -0.2) is 0 Å². The Kier molecular flexibility index (Phi) is 3.37. The van der Waals surface area contributed by atoms with Crippen molar-refractivity contribution >= 4 is 17.5 Å². The average molecular weight is 325 g/mol. The SMILES string of the molecule is CCn1c(C(C)C)nnc1N1CCC2(C1)C(=O)Nc1ccccc12. The lowest BCUT2D eigenvalue weighted by Crippen LogP contribution is -2.38. The molecule has 126 valence electrons. The summed E-state index contributed by atoms with van der Waals surface area (Å²) in [6.45, 7) is 8.69. The number of aromatic nitrogens is 3. The number of nitrogens with one attached hydrogen (secondary N) is 1. The lowest BCUT2D eigenvalue weighted by molar-refractivity contribution is -0.120. The highest BCUT2D eigenvalue weighted by Crippen LogP contribution is 2.44. The van der Waals surface area contributed by atoms with Crippen molar-refractivity contribution in [2.24, 2.45) is 0 Å². The van der Waals surface area contributed by atoms with Crippen molar-refractivity contribution < 1.29 is 4.79 Å².